The summed E-state index contributed by atoms with van der Waals surface area (Å²) in [6.07, 6.45) is 0.598. The highest BCUT2D eigenvalue weighted by Gasteiger charge is 2.08. The lowest BCUT2D eigenvalue weighted by atomic mass is 10.2. The Hall–Kier alpha value is -1.98. The number of nitrogens with zero attached hydrogens (tertiary/aromatic N) is 1. The summed E-state index contributed by atoms with van der Waals surface area (Å²) in [5, 5.41) is 0.236. The maximum absolute atomic E-state index is 12.0. The van der Waals surface area contributed by atoms with E-state index in [0.29, 0.717) is 17.8 Å². The average molecular weight is 240 g/mol. The fourth-order valence-electron chi connectivity index (χ4n) is 1.51. The number of aromatic amines is 1. The van der Waals surface area contributed by atoms with Crippen LogP contribution < -0.4 is 10.3 Å². The van der Waals surface area contributed by atoms with Crippen LogP contribution in [0.5, 0.6) is 5.75 Å². The zero-order chi connectivity index (χ0) is 12.4. The number of ether oxygens (including phenoxy) is 1. The van der Waals surface area contributed by atoms with Gasteiger partial charge in [0.15, 0.2) is 0 Å². The summed E-state index contributed by atoms with van der Waals surface area (Å²) in [6, 6.07) is 4.11. The van der Waals surface area contributed by atoms with Crippen LogP contribution in [0.2, 0.25) is 0 Å². The highest BCUT2D eigenvalue weighted by atomic mass is 19.3. The summed E-state index contributed by atoms with van der Waals surface area (Å²) < 4.78 is 28.3. The molecule has 0 unspecified atom stereocenters. The molecule has 6 heteroatoms. The predicted octanol–water partition coefficient (Wildman–Crippen LogP) is 2.09. The van der Waals surface area contributed by atoms with Gasteiger partial charge in [-0.05, 0) is 18.2 Å². The second kappa shape index (κ2) is 4.48. The van der Waals surface area contributed by atoms with Gasteiger partial charge in [-0.3, -0.25) is 4.79 Å². The zero-order valence-corrected chi connectivity index (χ0v) is 9.04. The molecule has 1 heterocycles. The summed E-state index contributed by atoms with van der Waals surface area (Å²) in [4.78, 5) is 18.4. The fourth-order valence-corrected chi connectivity index (χ4v) is 1.51. The number of aryl methyl sites for hydroxylation is 1. The minimum Gasteiger partial charge on any atom is -0.435 e. The number of halogens is 2. The van der Waals surface area contributed by atoms with Gasteiger partial charge in [0, 0.05) is 6.42 Å². The number of hydrogen-bond acceptors (Lipinski definition) is 3. The molecule has 0 aliphatic rings. The van der Waals surface area contributed by atoms with Crippen LogP contribution in [0.15, 0.2) is 23.0 Å². The number of alkyl halides is 2. The number of hydrogen-bond donors (Lipinski definition) is 1. The van der Waals surface area contributed by atoms with Crippen LogP contribution in [0.1, 0.15) is 12.7 Å². The van der Waals surface area contributed by atoms with E-state index < -0.39 is 6.61 Å². The van der Waals surface area contributed by atoms with E-state index in [1.807, 2.05) is 6.92 Å². The first-order valence-electron chi connectivity index (χ1n) is 5.08. The van der Waals surface area contributed by atoms with Gasteiger partial charge in [0.2, 0.25) is 0 Å². The molecular formula is C11H10F2N2O2. The quantitative estimate of drug-likeness (QED) is 0.893. The molecule has 2 aromatic rings. The molecule has 0 saturated heterocycles. The SMILES string of the molecule is CCc1nc2ccc(OC(F)F)cc2c(=O)[nH]1. The number of rotatable bonds is 3. The van der Waals surface area contributed by atoms with E-state index in [9.17, 15) is 13.6 Å². The molecule has 1 N–H and O–H groups in total. The molecule has 0 amide bonds. The Balaban J connectivity index is 2.55. The molecule has 0 spiro atoms. The Morgan fingerprint density at radius 3 is 2.88 bits per heavy atom. The summed E-state index contributed by atoms with van der Waals surface area (Å²) in [5.41, 5.74) is 0.110. The van der Waals surface area contributed by atoms with Gasteiger partial charge in [-0.25, -0.2) is 4.98 Å². The van der Waals surface area contributed by atoms with E-state index in [4.69, 9.17) is 0 Å². The first-order valence-corrected chi connectivity index (χ1v) is 5.08. The molecule has 4 nitrogen and oxygen atoms in total. The molecule has 0 aliphatic carbocycles. The third-order valence-electron chi connectivity index (χ3n) is 2.29. The molecule has 90 valence electrons. The highest BCUT2D eigenvalue weighted by molar-refractivity contribution is 5.79. The van der Waals surface area contributed by atoms with Gasteiger partial charge < -0.3 is 9.72 Å². The van der Waals surface area contributed by atoms with Crippen LogP contribution in [-0.2, 0) is 6.42 Å². The summed E-state index contributed by atoms with van der Waals surface area (Å²) in [5.74, 6) is 0.508. The standard InChI is InChI=1S/C11H10F2N2O2/c1-2-9-14-8-4-3-6(17-11(12)13)5-7(8)10(16)15-9/h3-5,11H,2H2,1H3,(H,14,15,16). The van der Waals surface area contributed by atoms with Gasteiger partial charge in [0.05, 0.1) is 10.9 Å². The first-order chi connectivity index (χ1) is 8.10. The lowest BCUT2D eigenvalue weighted by Gasteiger charge is -2.05. The molecule has 0 atom stereocenters. The molecule has 1 aromatic heterocycles. The number of nitrogens with one attached hydrogen (secondary N) is 1. The van der Waals surface area contributed by atoms with E-state index in [1.54, 1.807) is 0 Å². The van der Waals surface area contributed by atoms with E-state index in [-0.39, 0.29) is 16.7 Å². The zero-order valence-electron chi connectivity index (χ0n) is 9.04. The molecule has 17 heavy (non-hydrogen) atoms. The van der Waals surface area contributed by atoms with E-state index >= 15 is 0 Å². The Bertz CT molecular complexity index is 596. The van der Waals surface area contributed by atoms with Gasteiger partial charge in [-0.1, -0.05) is 6.92 Å². The Labute approximate surface area is 95.3 Å². The van der Waals surface area contributed by atoms with Crippen molar-refractivity contribution < 1.29 is 13.5 Å². The van der Waals surface area contributed by atoms with Crippen LogP contribution in [0, 0.1) is 0 Å². The molecule has 0 fully saturated rings. The van der Waals surface area contributed by atoms with Crippen molar-refractivity contribution in [2.75, 3.05) is 0 Å². The summed E-state index contributed by atoms with van der Waals surface area (Å²) in [6.45, 7) is -1.05. The number of fused-ring (bicyclic) bond motifs is 1. The van der Waals surface area contributed by atoms with Crippen molar-refractivity contribution >= 4 is 10.9 Å². The van der Waals surface area contributed by atoms with Gasteiger partial charge >= 0.3 is 6.61 Å². The minimum atomic E-state index is -2.91. The first kappa shape index (κ1) is 11.5. The fraction of sp³-hybridized carbons (Fsp3) is 0.273. The number of H-pyrrole nitrogens is 1. The van der Waals surface area contributed by atoms with E-state index in [1.165, 1.54) is 18.2 Å². The van der Waals surface area contributed by atoms with Gasteiger partial charge in [0.1, 0.15) is 11.6 Å². The van der Waals surface area contributed by atoms with Crippen LogP contribution in [0.4, 0.5) is 8.78 Å². The normalized spacial score (nSPS) is 11.1. The minimum absolute atomic E-state index is 0.0518. The lowest BCUT2D eigenvalue weighted by Crippen LogP contribution is -2.11. The summed E-state index contributed by atoms with van der Waals surface area (Å²) in [7, 11) is 0. The topological polar surface area (TPSA) is 55.0 Å². The van der Waals surface area contributed by atoms with Crippen LogP contribution in [-0.4, -0.2) is 16.6 Å². The molecule has 0 bridgehead atoms. The van der Waals surface area contributed by atoms with Crippen molar-refractivity contribution in [1.82, 2.24) is 9.97 Å². The monoisotopic (exact) mass is 240 g/mol. The van der Waals surface area contributed by atoms with Crippen LogP contribution in [0.3, 0.4) is 0 Å². The second-order valence-corrected chi connectivity index (χ2v) is 3.42. The van der Waals surface area contributed by atoms with Gasteiger partial charge in [0.25, 0.3) is 5.56 Å². The Morgan fingerprint density at radius 1 is 1.47 bits per heavy atom. The summed E-state index contributed by atoms with van der Waals surface area (Å²) >= 11 is 0. The molecule has 2 rings (SSSR count). The maximum atomic E-state index is 12.0. The largest absolute Gasteiger partial charge is 0.435 e. The molecular weight excluding hydrogens is 230 g/mol. The van der Waals surface area contributed by atoms with E-state index in [2.05, 4.69) is 14.7 Å². The average Bonchev–Trinajstić information content (AvgIpc) is 2.29. The van der Waals surface area contributed by atoms with Crippen molar-refractivity contribution in [2.45, 2.75) is 20.0 Å². The lowest BCUT2D eigenvalue weighted by molar-refractivity contribution is -0.0497. The van der Waals surface area contributed by atoms with Crippen molar-refractivity contribution in [1.29, 1.82) is 0 Å². The van der Waals surface area contributed by atoms with Crippen molar-refractivity contribution in [3.8, 4) is 5.75 Å². The molecule has 0 aliphatic heterocycles. The third kappa shape index (κ3) is 2.41. The third-order valence-corrected chi connectivity index (χ3v) is 2.29. The van der Waals surface area contributed by atoms with Crippen LogP contribution in [0.25, 0.3) is 10.9 Å². The van der Waals surface area contributed by atoms with Crippen LogP contribution >= 0.6 is 0 Å². The smallest absolute Gasteiger partial charge is 0.387 e. The molecule has 1 aromatic carbocycles. The van der Waals surface area contributed by atoms with Crippen molar-refractivity contribution in [2.24, 2.45) is 0 Å². The van der Waals surface area contributed by atoms with E-state index in [0.717, 1.165) is 0 Å². The molecule has 0 radical (unpaired) electrons. The molecule has 0 saturated carbocycles. The maximum Gasteiger partial charge on any atom is 0.387 e. The Kier molecular flexibility index (Phi) is 3.03. The number of aromatic nitrogens is 2. The second-order valence-electron chi connectivity index (χ2n) is 3.42. The Morgan fingerprint density at radius 2 is 2.24 bits per heavy atom. The highest BCUT2D eigenvalue weighted by Crippen LogP contribution is 2.18. The van der Waals surface area contributed by atoms with Gasteiger partial charge in [-0.15, -0.1) is 0 Å². The van der Waals surface area contributed by atoms with Gasteiger partial charge in [-0.2, -0.15) is 8.78 Å². The van der Waals surface area contributed by atoms with Crippen molar-refractivity contribution in [3.63, 3.8) is 0 Å². The predicted molar refractivity (Wildman–Crippen MR) is 58.4 cm³/mol. The number of benzene rings is 1. The van der Waals surface area contributed by atoms with Crippen molar-refractivity contribution in [3.05, 3.63) is 34.4 Å².